The van der Waals surface area contributed by atoms with Crippen LogP contribution in [0.5, 0.6) is 0 Å². The molecule has 0 aliphatic carbocycles. The van der Waals surface area contributed by atoms with Crippen LogP contribution in [0.3, 0.4) is 0 Å². The quantitative estimate of drug-likeness (QED) is 0.827. The number of benzene rings is 1. The number of aromatic nitrogens is 1. The normalized spacial score (nSPS) is 10.6. The third-order valence-corrected chi connectivity index (χ3v) is 3.32. The Labute approximate surface area is 104 Å². The fraction of sp³-hybridized carbons (Fsp3) is 0.250. The summed E-state index contributed by atoms with van der Waals surface area (Å²) in [4.78, 5) is 5.31. The van der Waals surface area contributed by atoms with E-state index in [1.165, 1.54) is 10.4 Å². The molecule has 2 aromatic rings. The predicted octanol–water partition coefficient (Wildman–Crippen LogP) is 3.13. The number of hydrogen-bond acceptors (Lipinski definition) is 3. The molecule has 1 heterocycles. The first kappa shape index (κ1) is 11.6. The molecule has 0 fully saturated rings. The number of halogens is 1. The smallest absolute Gasteiger partial charge is 0.0794 e. The molecule has 0 atom stereocenters. The first-order valence-electron chi connectivity index (χ1n) is 5.17. The molecule has 0 bridgehead atoms. The van der Waals surface area contributed by atoms with Crippen molar-refractivity contribution in [1.29, 1.82) is 0 Å². The van der Waals surface area contributed by atoms with E-state index in [4.69, 9.17) is 11.6 Å². The molecular formula is C12H13ClN2S. The Morgan fingerprint density at radius 1 is 1.25 bits per heavy atom. The van der Waals surface area contributed by atoms with E-state index in [2.05, 4.69) is 22.4 Å². The standard InChI is InChI=1S/C12H13ClN2S/c13-11-3-1-10(2-4-11)5-6-14-7-12-8-15-9-16-12/h1-4,8-9,14H,5-7H2. The van der Waals surface area contributed by atoms with Crippen LogP contribution in [0.4, 0.5) is 0 Å². The maximum absolute atomic E-state index is 5.82. The average Bonchev–Trinajstić information content (AvgIpc) is 2.80. The van der Waals surface area contributed by atoms with Crippen LogP contribution in [0.1, 0.15) is 10.4 Å². The Bertz CT molecular complexity index is 411. The second kappa shape index (κ2) is 5.99. The summed E-state index contributed by atoms with van der Waals surface area (Å²) < 4.78 is 0. The monoisotopic (exact) mass is 252 g/mol. The van der Waals surface area contributed by atoms with Crippen LogP contribution in [0.2, 0.25) is 5.02 Å². The predicted molar refractivity (Wildman–Crippen MR) is 69.0 cm³/mol. The summed E-state index contributed by atoms with van der Waals surface area (Å²) in [6.45, 7) is 1.87. The summed E-state index contributed by atoms with van der Waals surface area (Å²) >= 11 is 7.50. The van der Waals surface area contributed by atoms with Gasteiger partial charge in [0.25, 0.3) is 0 Å². The topological polar surface area (TPSA) is 24.9 Å². The van der Waals surface area contributed by atoms with Crippen LogP contribution < -0.4 is 5.32 Å². The number of thiazole rings is 1. The summed E-state index contributed by atoms with van der Waals surface area (Å²) in [6.07, 6.45) is 2.93. The van der Waals surface area contributed by atoms with Crippen molar-refractivity contribution in [2.75, 3.05) is 6.54 Å². The molecule has 0 saturated carbocycles. The molecule has 0 aliphatic rings. The van der Waals surface area contributed by atoms with Crippen LogP contribution in [0.15, 0.2) is 36.0 Å². The van der Waals surface area contributed by atoms with Crippen LogP contribution in [0.25, 0.3) is 0 Å². The van der Waals surface area contributed by atoms with Gasteiger partial charge in [-0.25, -0.2) is 0 Å². The lowest BCUT2D eigenvalue weighted by Gasteiger charge is -2.03. The highest BCUT2D eigenvalue weighted by Gasteiger charge is 1.95. The fourth-order valence-corrected chi connectivity index (χ4v) is 2.12. The Morgan fingerprint density at radius 2 is 2.06 bits per heavy atom. The van der Waals surface area contributed by atoms with Gasteiger partial charge in [0.1, 0.15) is 0 Å². The summed E-state index contributed by atoms with van der Waals surface area (Å²) in [7, 11) is 0. The number of nitrogens with one attached hydrogen (secondary N) is 1. The molecule has 4 heteroatoms. The van der Waals surface area contributed by atoms with Gasteiger partial charge in [-0.2, -0.15) is 0 Å². The Balaban J connectivity index is 1.70. The zero-order valence-electron chi connectivity index (χ0n) is 8.82. The largest absolute Gasteiger partial charge is 0.311 e. The molecule has 1 N–H and O–H groups in total. The van der Waals surface area contributed by atoms with E-state index in [-0.39, 0.29) is 0 Å². The molecule has 16 heavy (non-hydrogen) atoms. The molecule has 1 aromatic carbocycles. The van der Waals surface area contributed by atoms with Crippen LogP contribution in [-0.4, -0.2) is 11.5 Å². The highest BCUT2D eigenvalue weighted by Crippen LogP contribution is 2.09. The van der Waals surface area contributed by atoms with Gasteiger partial charge in [0.05, 0.1) is 5.51 Å². The van der Waals surface area contributed by atoms with Gasteiger partial charge < -0.3 is 5.32 Å². The number of nitrogens with zero attached hydrogens (tertiary/aromatic N) is 1. The third-order valence-electron chi connectivity index (χ3n) is 2.29. The fourth-order valence-electron chi connectivity index (χ4n) is 1.42. The molecule has 0 unspecified atom stereocenters. The van der Waals surface area contributed by atoms with E-state index in [1.54, 1.807) is 11.3 Å². The molecule has 1 aromatic heterocycles. The van der Waals surface area contributed by atoms with Gasteiger partial charge in [-0.1, -0.05) is 23.7 Å². The highest BCUT2D eigenvalue weighted by molar-refractivity contribution is 7.09. The molecule has 0 saturated heterocycles. The molecule has 0 radical (unpaired) electrons. The zero-order valence-corrected chi connectivity index (χ0v) is 10.4. The first-order chi connectivity index (χ1) is 7.84. The first-order valence-corrected chi connectivity index (χ1v) is 6.43. The Morgan fingerprint density at radius 3 is 2.75 bits per heavy atom. The minimum absolute atomic E-state index is 0.793. The maximum atomic E-state index is 5.82. The second-order valence-electron chi connectivity index (χ2n) is 3.52. The van der Waals surface area contributed by atoms with Crippen molar-refractivity contribution in [1.82, 2.24) is 10.3 Å². The highest BCUT2D eigenvalue weighted by atomic mass is 35.5. The third kappa shape index (κ3) is 3.59. The van der Waals surface area contributed by atoms with Crippen molar-refractivity contribution >= 4 is 22.9 Å². The van der Waals surface area contributed by atoms with E-state index >= 15 is 0 Å². The minimum atomic E-state index is 0.793. The van der Waals surface area contributed by atoms with Crippen molar-refractivity contribution < 1.29 is 0 Å². The van der Waals surface area contributed by atoms with E-state index in [9.17, 15) is 0 Å². The van der Waals surface area contributed by atoms with Gasteiger partial charge in [0.15, 0.2) is 0 Å². The lowest BCUT2D eigenvalue weighted by molar-refractivity contribution is 0.693. The molecule has 0 aliphatic heterocycles. The van der Waals surface area contributed by atoms with Crippen molar-refractivity contribution in [2.45, 2.75) is 13.0 Å². The van der Waals surface area contributed by atoms with Crippen LogP contribution >= 0.6 is 22.9 Å². The van der Waals surface area contributed by atoms with Crippen molar-refractivity contribution in [2.24, 2.45) is 0 Å². The minimum Gasteiger partial charge on any atom is -0.311 e. The van der Waals surface area contributed by atoms with E-state index in [1.807, 2.05) is 23.8 Å². The lowest BCUT2D eigenvalue weighted by atomic mass is 10.1. The summed E-state index contributed by atoms with van der Waals surface area (Å²) in [5.74, 6) is 0. The van der Waals surface area contributed by atoms with Gasteiger partial charge in [0.2, 0.25) is 0 Å². The number of hydrogen-bond donors (Lipinski definition) is 1. The van der Waals surface area contributed by atoms with Crippen LogP contribution in [0, 0.1) is 0 Å². The SMILES string of the molecule is Clc1ccc(CCNCc2cncs2)cc1. The molecule has 2 rings (SSSR count). The lowest BCUT2D eigenvalue weighted by Crippen LogP contribution is -2.15. The molecule has 84 valence electrons. The summed E-state index contributed by atoms with van der Waals surface area (Å²) in [5, 5.41) is 4.18. The molecular weight excluding hydrogens is 240 g/mol. The second-order valence-corrected chi connectivity index (χ2v) is 4.93. The summed E-state index contributed by atoms with van der Waals surface area (Å²) in [6, 6.07) is 7.99. The van der Waals surface area contributed by atoms with Crippen molar-refractivity contribution in [3.05, 3.63) is 51.4 Å². The van der Waals surface area contributed by atoms with Gasteiger partial charge in [-0.15, -0.1) is 11.3 Å². The summed E-state index contributed by atoms with van der Waals surface area (Å²) in [5.41, 5.74) is 3.16. The van der Waals surface area contributed by atoms with E-state index in [0.29, 0.717) is 0 Å². The van der Waals surface area contributed by atoms with Gasteiger partial charge in [-0.3, -0.25) is 4.98 Å². The number of rotatable bonds is 5. The molecule has 0 spiro atoms. The van der Waals surface area contributed by atoms with Gasteiger partial charge in [0, 0.05) is 22.6 Å². The van der Waals surface area contributed by atoms with E-state index in [0.717, 1.165) is 24.5 Å². The van der Waals surface area contributed by atoms with Crippen molar-refractivity contribution in [3.8, 4) is 0 Å². The average molecular weight is 253 g/mol. The molecule has 2 nitrogen and oxygen atoms in total. The molecule has 0 amide bonds. The zero-order chi connectivity index (χ0) is 11.2. The van der Waals surface area contributed by atoms with Gasteiger partial charge >= 0.3 is 0 Å². The maximum Gasteiger partial charge on any atom is 0.0794 e. The van der Waals surface area contributed by atoms with Gasteiger partial charge in [-0.05, 0) is 30.7 Å². The Kier molecular flexibility index (Phi) is 4.34. The Hall–Kier alpha value is -0.900. The van der Waals surface area contributed by atoms with Crippen molar-refractivity contribution in [3.63, 3.8) is 0 Å². The van der Waals surface area contributed by atoms with E-state index < -0.39 is 0 Å². The van der Waals surface area contributed by atoms with Crippen LogP contribution in [-0.2, 0) is 13.0 Å².